The van der Waals surface area contributed by atoms with Gasteiger partial charge in [0.1, 0.15) is 5.75 Å². The number of morpholine rings is 1. The monoisotopic (exact) mass is 278 g/mol. The molecule has 0 aliphatic carbocycles. The molecule has 1 aliphatic heterocycles. The molecule has 1 heterocycles. The van der Waals surface area contributed by atoms with Gasteiger partial charge in [-0.25, -0.2) is 0 Å². The Morgan fingerprint density at radius 2 is 2.20 bits per heavy atom. The number of para-hydroxylation sites is 1. The molecule has 2 atom stereocenters. The number of benzene rings is 1. The summed E-state index contributed by atoms with van der Waals surface area (Å²) in [5, 5.41) is 3.24. The van der Waals surface area contributed by atoms with E-state index in [1.807, 2.05) is 19.2 Å². The molecule has 20 heavy (non-hydrogen) atoms. The Morgan fingerprint density at radius 1 is 1.40 bits per heavy atom. The van der Waals surface area contributed by atoms with Crippen LogP contribution in [-0.4, -0.2) is 51.4 Å². The zero-order valence-corrected chi connectivity index (χ0v) is 12.8. The minimum Gasteiger partial charge on any atom is -0.496 e. The molecule has 112 valence electrons. The van der Waals surface area contributed by atoms with Crippen molar-refractivity contribution in [3.8, 4) is 5.75 Å². The van der Waals surface area contributed by atoms with Gasteiger partial charge in [0.15, 0.2) is 0 Å². The maximum Gasteiger partial charge on any atom is 0.123 e. The Bertz CT molecular complexity index is 393. The van der Waals surface area contributed by atoms with Crippen molar-refractivity contribution in [3.05, 3.63) is 29.8 Å². The van der Waals surface area contributed by atoms with Crippen LogP contribution in [0.3, 0.4) is 0 Å². The minimum atomic E-state index is 0.164. The number of methoxy groups -OCH3 is 1. The van der Waals surface area contributed by atoms with Crippen molar-refractivity contribution in [1.82, 2.24) is 10.2 Å². The molecular formula is C16H26N2O2. The predicted molar refractivity (Wildman–Crippen MR) is 81.3 cm³/mol. The maximum absolute atomic E-state index is 6.00. The Labute approximate surface area is 122 Å². The fraction of sp³-hybridized carbons (Fsp3) is 0.625. The first-order valence-electron chi connectivity index (χ1n) is 7.45. The van der Waals surface area contributed by atoms with E-state index in [1.165, 1.54) is 5.56 Å². The Hall–Kier alpha value is -1.10. The van der Waals surface area contributed by atoms with E-state index in [0.717, 1.165) is 38.4 Å². The summed E-state index contributed by atoms with van der Waals surface area (Å²) in [6.45, 7) is 5.95. The molecule has 1 aromatic carbocycles. The third-order valence-electron chi connectivity index (χ3n) is 3.83. The molecule has 2 rings (SSSR count). The van der Waals surface area contributed by atoms with Gasteiger partial charge in [0.2, 0.25) is 0 Å². The summed E-state index contributed by atoms with van der Waals surface area (Å²) in [7, 11) is 3.71. The van der Waals surface area contributed by atoms with E-state index in [1.54, 1.807) is 7.11 Å². The molecule has 1 aromatic rings. The zero-order valence-electron chi connectivity index (χ0n) is 12.8. The van der Waals surface area contributed by atoms with Gasteiger partial charge in [-0.1, -0.05) is 25.1 Å². The topological polar surface area (TPSA) is 33.7 Å². The van der Waals surface area contributed by atoms with Crippen LogP contribution in [-0.2, 0) is 4.74 Å². The van der Waals surface area contributed by atoms with E-state index >= 15 is 0 Å². The smallest absolute Gasteiger partial charge is 0.123 e. The lowest BCUT2D eigenvalue weighted by Crippen LogP contribution is -2.49. The standard InChI is InChI=1S/C16H26N2O2/c1-4-9-18-10-11-20-15(12-17-2)16(18)13-7-5-6-8-14(13)19-3/h5-8,15-17H,4,9-12H2,1-3H3. The van der Waals surface area contributed by atoms with Gasteiger partial charge in [0, 0.05) is 18.7 Å². The molecule has 0 bridgehead atoms. The van der Waals surface area contributed by atoms with E-state index in [-0.39, 0.29) is 12.1 Å². The van der Waals surface area contributed by atoms with E-state index in [2.05, 4.69) is 29.3 Å². The van der Waals surface area contributed by atoms with E-state index in [4.69, 9.17) is 9.47 Å². The Balaban J connectivity index is 2.32. The third kappa shape index (κ3) is 3.32. The molecule has 1 aliphatic rings. The predicted octanol–water partition coefficient (Wildman–Crippen LogP) is 2.07. The van der Waals surface area contributed by atoms with Crippen LogP contribution in [0.15, 0.2) is 24.3 Å². The number of hydrogen-bond acceptors (Lipinski definition) is 4. The van der Waals surface area contributed by atoms with Gasteiger partial charge in [0.05, 0.1) is 25.9 Å². The van der Waals surface area contributed by atoms with Gasteiger partial charge in [0.25, 0.3) is 0 Å². The van der Waals surface area contributed by atoms with Gasteiger partial charge in [-0.3, -0.25) is 4.90 Å². The largest absolute Gasteiger partial charge is 0.496 e. The molecule has 4 nitrogen and oxygen atoms in total. The van der Waals surface area contributed by atoms with Crippen LogP contribution in [0.2, 0.25) is 0 Å². The highest BCUT2D eigenvalue weighted by atomic mass is 16.5. The highest BCUT2D eigenvalue weighted by Crippen LogP contribution is 2.35. The van der Waals surface area contributed by atoms with Crippen molar-refractivity contribution in [2.24, 2.45) is 0 Å². The molecule has 0 aromatic heterocycles. The number of rotatable bonds is 6. The second kappa shape index (κ2) is 7.62. The van der Waals surface area contributed by atoms with Crippen LogP contribution in [0.25, 0.3) is 0 Å². The minimum absolute atomic E-state index is 0.164. The molecule has 0 radical (unpaired) electrons. The zero-order chi connectivity index (χ0) is 14.4. The molecule has 0 saturated carbocycles. The normalized spacial score (nSPS) is 23.8. The number of hydrogen-bond donors (Lipinski definition) is 1. The lowest BCUT2D eigenvalue weighted by molar-refractivity contribution is -0.0709. The first-order chi connectivity index (χ1) is 9.81. The molecule has 1 N–H and O–H groups in total. The average molecular weight is 278 g/mol. The van der Waals surface area contributed by atoms with Crippen molar-refractivity contribution in [1.29, 1.82) is 0 Å². The summed E-state index contributed by atoms with van der Waals surface area (Å²) in [6, 6.07) is 8.54. The van der Waals surface area contributed by atoms with Crippen LogP contribution in [0.4, 0.5) is 0 Å². The number of ether oxygens (including phenoxy) is 2. The summed E-state index contributed by atoms with van der Waals surface area (Å²) in [5.41, 5.74) is 1.23. The molecule has 4 heteroatoms. The molecule has 1 saturated heterocycles. The lowest BCUT2D eigenvalue weighted by Gasteiger charge is -2.42. The van der Waals surface area contributed by atoms with E-state index in [0.29, 0.717) is 0 Å². The summed E-state index contributed by atoms with van der Waals surface area (Å²) in [6.07, 6.45) is 1.31. The number of likely N-dealkylation sites (N-methyl/N-ethyl adjacent to an activating group) is 1. The summed E-state index contributed by atoms with van der Waals surface area (Å²) >= 11 is 0. The first kappa shape index (κ1) is 15.3. The highest BCUT2D eigenvalue weighted by molar-refractivity contribution is 5.37. The third-order valence-corrected chi connectivity index (χ3v) is 3.83. The molecule has 0 spiro atoms. The fourth-order valence-corrected chi connectivity index (χ4v) is 3.00. The second-order valence-electron chi connectivity index (χ2n) is 5.19. The van der Waals surface area contributed by atoms with Crippen LogP contribution in [0.1, 0.15) is 24.9 Å². The van der Waals surface area contributed by atoms with Gasteiger partial charge < -0.3 is 14.8 Å². The van der Waals surface area contributed by atoms with Gasteiger partial charge in [-0.2, -0.15) is 0 Å². The Kier molecular flexibility index (Phi) is 5.83. The van der Waals surface area contributed by atoms with Crippen LogP contribution in [0.5, 0.6) is 5.75 Å². The molecule has 0 amide bonds. The van der Waals surface area contributed by atoms with Gasteiger partial charge in [-0.05, 0) is 26.1 Å². The number of nitrogens with zero attached hydrogens (tertiary/aromatic N) is 1. The Morgan fingerprint density at radius 3 is 2.90 bits per heavy atom. The highest BCUT2D eigenvalue weighted by Gasteiger charge is 2.34. The fourth-order valence-electron chi connectivity index (χ4n) is 3.00. The van der Waals surface area contributed by atoms with Crippen molar-refractivity contribution >= 4 is 0 Å². The number of nitrogens with one attached hydrogen (secondary N) is 1. The molecular weight excluding hydrogens is 252 g/mol. The summed E-state index contributed by atoms with van der Waals surface area (Å²) in [5.74, 6) is 0.949. The maximum atomic E-state index is 6.00. The second-order valence-corrected chi connectivity index (χ2v) is 5.19. The molecule has 1 fully saturated rings. The van der Waals surface area contributed by atoms with E-state index in [9.17, 15) is 0 Å². The first-order valence-corrected chi connectivity index (χ1v) is 7.45. The van der Waals surface area contributed by atoms with Crippen molar-refractivity contribution in [3.63, 3.8) is 0 Å². The van der Waals surface area contributed by atoms with Gasteiger partial charge >= 0.3 is 0 Å². The average Bonchev–Trinajstić information content (AvgIpc) is 2.48. The van der Waals surface area contributed by atoms with Crippen molar-refractivity contribution < 1.29 is 9.47 Å². The van der Waals surface area contributed by atoms with Crippen LogP contribution >= 0.6 is 0 Å². The van der Waals surface area contributed by atoms with Crippen molar-refractivity contribution in [2.75, 3.05) is 40.4 Å². The van der Waals surface area contributed by atoms with Crippen LogP contribution < -0.4 is 10.1 Å². The van der Waals surface area contributed by atoms with Gasteiger partial charge in [-0.15, -0.1) is 0 Å². The quantitative estimate of drug-likeness (QED) is 0.863. The summed E-state index contributed by atoms with van der Waals surface area (Å²) in [4.78, 5) is 2.52. The van der Waals surface area contributed by atoms with E-state index < -0.39 is 0 Å². The van der Waals surface area contributed by atoms with Crippen molar-refractivity contribution in [2.45, 2.75) is 25.5 Å². The summed E-state index contributed by atoms with van der Waals surface area (Å²) < 4.78 is 11.6. The van der Waals surface area contributed by atoms with Crippen LogP contribution in [0, 0.1) is 0 Å². The molecule has 2 unspecified atom stereocenters. The SMILES string of the molecule is CCCN1CCOC(CNC)C1c1ccccc1OC. The lowest BCUT2D eigenvalue weighted by atomic mass is 9.96.